The molecule has 0 amide bonds. The molecule has 2 unspecified atom stereocenters. The third-order valence-electron chi connectivity index (χ3n) is 4.07. The minimum Gasteiger partial charge on any atom is -0.366 e. The Labute approximate surface area is 106 Å². The van der Waals surface area contributed by atoms with Crippen molar-refractivity contribution >= 4 is 11.4 Å². The van der Waals surface area contributed by atoms with E-state index in [9.17, 15) is 10.1 Å². The molecule has 2 saturated heterocycles. The summed E-state index contributed by atoms with van der Waals surface area (Å²) < 4.78 is 0. The number of rotatable bonds is 2. The number of hydrogen-bond acceptors (Lipinski definition) is 4. The lowest BCUT2D eigenvalue weighted by Gasteiger charge is -2.36. The average Bonchev–Trinajstić information content (AvgIpc) is 2.85. The van der Waals surface area contributed by atoms with Crippen molar-refractivity contribution in [1.82, 2.24) is 5.32 Å². The van der Waals surface area contributed by atoms with Crippen LogP contribution in [0.4, 0.5) is 11.4 Å². The van der Waals surface area contributed by atoms with Crippen LogP contribution in [0, 0.1) is 16.0 Å². The molecule has 1 aromatic carbocycles. The van der Waals surface area contributed by atoms with Gasteiger partial charge in [-0.25, -0.2) is 0 Å². The number of piperidine rings is 1. The van der Waals surface area contributed by atoms with Gasteiger partial charge in [0.15, 0.2) is 0 Å². The largest absolute Gasteiger partial charge is 0.366 e. The van der Waals surface area contributed by atoms with Crippen LogP contribution in [0.5, 0.6) is 0 Å². The fraction of sp³-hybridized carbons (Fsp3) is 0.538. The number of anilines is 1. The van der Waals surface area contributed by atoms with Gasteiger partial charge in [0.1, 0.15) is 5.69 Å². The highest BCUT2D eigenvalue weighted by molar-refractivity contribution is 5.63. The third-order valence-corrected chi connectivity index (χ3v) is 4.07. The number of hydrogen-bond donors (Lipinski definition) is 1. The summed E-state index contributed by atoms with van der Waals surface area (Å²) in [5.41, 5.74) is 0.995. The fourth-order valence-electron chi connectivity index (χ4n) is 3.15. The quantitative estimate of drug-likeness (QED) is 0.639. The first-order chi connectivity index (χ1) is 8.75. The van der Waals surface area contributed by atoms with E-state index in [2.05, 4.69) is 10.2 Å². The second-order valence-electron chi connectivity index (χ2n) is 5.09. The van der Waals surface area contributed by atoms with Crippen LogP contribution in [-0.2, 0) is 0 Å². The highest BCUT2D eigenvalue weighted by Gasteiger charge is 2.34. The molecule has 1 aromatic rings. The predicted octanol–water partition coefficient (Wildman–Crippen LogP) is 1.78. The van der Waals surface area contributed by atoms with E-state index in [1.165, 1.54) is 6.42 Å². The van der Waals surface area contributed by atoms with Gasteiger partial charge in [-0.05, 0) is 31.4 Å². The Bertz CT molecular complexity index is 463. The number of nitrogens with zero attached hydrogens (tertiary/aromatic N) is 2. The smallest absolute Gasteiger partial charge is 0.292 e. The maximum Gasteiger partial charge on any atom is 0.292 e. The van der Waals surface area contributed by atoms with E-state index in [0.29, 0.717) is 12.0 Å². The standard InChI is InChI=1S/C13H17N3O2/c17-16(18)13-4-2-1-3-12(13)15-8-6-11-10(9-15)5-7-14-11/h1-4,10-11,14H,5-9H2. The molecule has 0 bridgehead atoms. The molecular weight excluding hydrogens is 230 g/mol. The van der Waals surface area contributed by atoms with E-state index < -0.39 is 0 Å². The van der Waals surface area contributed by atoms with Crippen LogP contribution in [0.15, 0.2) is 24.3 Å². The molecule has 5 heteroatoms. The molecule has 0 aliphatic carbocycles. The van der Waals surface area contributed by atoms with Crippen LogP contribution >= 0.6 is 0 Å². The molecule has 2 aliphatic rings. The van der Waals surface area contributed by atoms with Crippen LogP contribution in [-0.4, -0.2) is 30.6 Å². The van der Waals surface area contributed by atoms with E-state index >= 15 is 0 Å². The van der Waals surface area contributed by atoms with Crippen molar-refractivity contribution in [2.45, 2.75) is 18.9 Å². The van der Waals surface area contributed by atoms with Crippen LogP contribution < -0.4 is 10.2 Å². The molecular formula is C13H17N3O2. The zero-order chi connectivity index (χ0) is 12.5. The molecule has 2 heterocycles. The van der Waals surface area contributed by atoms with Gasteiger partial charge < -0.3 is 10.2 Å². The molecule has 3 rings (SSSR count). The van der Waals surface area contributed by atoms with Gasteiger partial charge in [-0.15, -0.1) is 0 Å². The first-order valence-corrected chi connectivity index (χ1v) is 6.47. The van der Waals surface area contributed by atoms with Gasteiger partial charge in [0.2, 0.25) is 0 Å². The second kappa shape index (κ2) is 4.57. The van der Waals surface area contributed by atoms with Crippen molar-refractivity contribution in [3.05, 3.63) is 34.4 Å². The van der Waals surface area contributed by atoms with Gasteiger partial charge >= 0.3 is 0 Å². The highest BCUT2D eigenvalue weighted by atomic mass is 16.6. The van der Waals surface area contributed by atoms with Crippen LogP contribution in [0.2, 0.25) is 0 Å². The summed E-state index contributed by atoms with van der Waals surface area (Å²) in [6, 6.07) is 7.67. The first kappa shape index (κ1) is 11.5. The van der Waals surface area contributed by atoms with Crippen LogP contribution in [0.25, 0.3) is 0 Å². The molecule has 0 spiro atoms. The third kappa shape index (κ3) is 1.95. The number of benzene rings is 1. The van der Waals surface area contributed by atoms with E-state index in [-0.39, 0.29) is 10.6 Å². The van der Waals surface area contributed by atoms with Crippen molar-refractivity contribution < 1.29 is 4.92 Å². The normalized spacial score (nSPS) is 27.0. The van der Waals surface area contributed by atoms with Crippen molar-refractivity contribution in [3.8, 4) is 0 Å². The Kier molecular flexibility index (Phi) is 2.91. The van der Waals surface area contributed by atoms with E-state index in [0.717, 1.165) is 31.7 Å². The monoisotopic (exact) mass is 247 g/mol. The van der Waals surface area contributed by atoms with Crippen molar-refractivity contribution in [1.29, 1.82) is 0 Å². The number of fused-ring (bicyclic) bond motifs is 1. The Hall–Kier alpha value is -1.62. The summed E-state index contributed by atoms with van der Waals surface area (Å²) in [6.45, 7) is 2.92. The van der Waals surface area contributed by atoms with Gasteiger partial charge in [0.25, 0.3) is 5.69 Å². The SMILES string of the molecule is O=[N+]([O-])c1ccccc1N1CCC2NCCC2C1. The van der Waals surface area contributed by atoms with E-state index in [1.54, 1.807) is 12.1 Å². The molecule has 0 saturated carbocycles. The predicted molar refractivity (Wildman–Crippen MR) is 69.8 cm³/mol. The minimum atomic E-state index is -0.283. The van der Waals surface area contributed by atoms with Gasteiger partial charge in [-0.3, -0.25) is 10.1 Å². The topological polar surface area (TPSA) is 58.4 Å². The number of nitrogens with one attached hydrogen (secondary N) is 1. The zero-order valence-electron chi connectivity index (χ0n) is 10.2. The summed E-state index contributed by atoms with van der Waals surface area (Å²) in [4.78, 5) is 12.9. The molecule has 5 nitrogen and oxygen atoms in total. The van der Waals surface area contributed by atoms with Gasteiger partial charge in [0, 0.05) is 25.2 Å². The number of nitro groups is 1. The Morgan fingerprint density at radius 1 is 1.33 bits per heavy atom. The Morgan fingerprint density at radius 3 is 3.00 bits per heavy atom. The van der Waals surface area contributed by atoms with Gasteiger partial charge in [-0.2, -0.15) is 0 Å². The number of nitro benzene ring substituents is 1. The summed E-state index contributed by atoms with van der Waals surface area (Å²) in [5, 5.41) is 14.6. The van der Waals surface area contributed by atoms with Crippen molar-refractivity contribution in [2.24, 2.45) is 5.92 Å². The molecule has 2 atom stereocenters. The lowest BCUT2D eigenvalue weighted by atomic mass is 9.93. The Morgan fingerprint density at radius 2 is 2.17 bits per heavy atom. The van der Waals surface area contributed by atoms with Gasteiger partial charge in [0.05, 0.1) is 4.92 Å². The molecule has 1 N–H and O–H groups in total. The van der Waals surface area contributed by atoms with Gasteiger partial charge in [-0.1, -0.05) is 12.1 Å². The summed E-state index contributed by atoms with van der Waals surface area (Å²) in [7, 11) is 0. The average molecular weight is 247 g/mol. The lowest BCUT2D eigenvalue weighted by molar-refractivity contribution is -0.384. The summed E-state index contributed by atoms with van der Waals surface area (Å²) >= 11 is 0. The van der Waals surface area contributed by atoms with Crippen molar-refractivity contribution in [3.63, 3.8) is 0 Å². The van der Waals surface area contributed by atoms with E-state index in [4.69, 9.17) is 0 Å². The zero-order valence-corrected chi connectivity index (χ0v) is 10.2. The van der Waals surface area contributed by atoms with E-state index in [1.807, 2.05) is 12.1 Å². The maximum atomic E-state index is 11.1. The molecule has 2 aliphatic heterocycles. The first-order valence-electron chi connectivity index (χ1n) is 6.47. The van der Waals surface area contributed by atoms with Crippen LogP contribution in [0.1, 0.15) is 12.8 Å². The van der Waals surface area contributed by atoms with Crippen LogP contribution in [0.3, 0.4) is 0 Å². The number of para-hydroxylation sites is 2. The summed E-state index contributed by atoms with van der Waals surface area (Å²) in [6.07, 6.45) is 2.26. The molecule has 18 heavy (non-hydrogen) atoms. The minimum absolute atomic E-state index is 0.224. The summed E-state index contributed by atoms with van der Waals surface area (Å²) in [5.74, 6) is 0.638. The molecule has 0 aromatic heterocycles. The highest BCUT2D eigenvalue weighted by Crippen LogP contribution is 2.33. The molecule has 96 valence electrons. The molecule has 2 fully saturated rings. The maximum absolute atomic E-state index is 11.1. The fourth-order valence-corrected chi connectivity index (χ4v) is 3.15. The second-order valence-corrected chi connectivity index (χ2v) is 5.09. The molecule has 0 radical (unpaired) electrons. The Balaban J connectivity index is 1.85. The lowest BCUT2D eigenvalue weighted by Crippen LogP contribution is -2.44. The van der Waals surface area contributed by atoms with Crippen molar-refractivity contribution in [2.75, 3.05) is 24.5 Å².